The first-order valence-electron chi connectivity index (χ1n) is 6.05. The molecule has 88 valence electrons. The fourth-order valence-electron chi connectivity index (χ4n) is 2.86. The smallest absolute Gasteiger partial charge is 0.220 e. The van der Waals surface area contributed by atoms with Crippen LogP contribution in [0.15, 0.2) is 24.3 Å². The lowest BCUT2D eigenvalue weighted by atomic mass is 9.98. The van der Waals surface area contributed by atoms with Crippen LogP contribution in [0.25, 0.3) is 10.9 Å². The Morgan fingerprint density at radius 1 is 1.41 bits per heavy atom. The average molecular weight is 228 g/mol. The molecule has 1 aliphatic heterocycles. The summed E-state index contributed by atoms with van der Waals surface area (Å²) in [6.45, 7) is 4.56. The number of fused-ring (bicyclic) bond motifs is 3. The number of carbonyl (C=O) groups is 1. The van der Waals surface area contributed by atoms with E-state index in [4.69, 9.17) is 0 Å². The molecule has 0 unspecified atom stereocenters. The van der Waals surface area contributed by atoms with Gasteiger partial charge in [-0.25, -0.2) is 0 Å². The summed E-state index contributed by atoms with van der Waals surface area (Å²) in [4.78, 5) is 16.9. The molecule has 0 fully saturated rings. The summed E-state index contributed by atoms with van der Waals surface area (Å²) in [5.74, 6) is 0.154. The minimum atomic E-state index is 0.154. The van der Waals surface area contributed by atoms with Crippen LogP contribution < -0.4 is 0 Å². The summed E-state index contributed by atoms with van der Waals surface area (Å²) in [7, 11) is 0. The molecule has 0 saturated heterocycles. The highest BCUT2D eigenvalue weighted by atomic mass is 16.2. The largest absolute Gasteiger partial charge is 0.356 e. The molecule has 3 heteroatoms. The molecule has 1 aliphatic rings. The van der Waals surface area contributed by atoms with Crippen molar-refractivity contribution < 1.29 is 4.79 Å². The summed E-state index contributed by atoms with van der Waals surface area (Å²) in [5, 5.41) is 1.30. The van der Waals surface area contributed by atoms with Crippen molar-refractivity contribution in [3.05, 3.63) is 35.5 Å². The number of hydrogen-bond acceptors (Lipinski definition) is 1. The quantitative estimate of drug-likeness (QED) is 0.739. The van der Waals surface area contributed by atoms with Crippen molar-refractivity contribution in [1.29, 1.82) is 0 Å². The Hall–Kier alpha value is -1.77. The van der Waals surface area contributed by atoms with Crippen molar-refractivity contribution in [2.24, 2.45) is 0 Å². The van der Waals surface area contributed by atoms with Gasteiger partial charge in [-0.1, -0.05) is 18.2 Å². The minimum absolute atomic E-state index is 0.154. The van der Waals surface area contributed by atoms with Gasteiger partial charge in [0.05, 0.1) is 6.04 Å². The topological polar surface area (TPSA) is 36.1 Å². The Balaban J connectivity index is 2.16. The van der Waals surface area contributed by atoms with Crippen molar-refractivity contribution in [3.8, 4) is 0 Å². The minimum Gasteiger partial charge on any atom is -0.356 e. The third-order valence-corrected chi connectivity index (χ3v) is 3.74. The molecular weight excluding hydrogens is 212 g/mol. The number of aromatic amines is 1. The first-order chi connectivity index (χ1) is 8.18. The van der Waals surface area contributed by atoms with Gasteiger partial charge in [-0.05, 0) is 25.0 Å². The van der Waals surface area contributed by atoms with Crippen molar-refractivity contribution in [2.75, 3.05) is 6.54 Å². The Morgan fingerprint density at radius 2 is 2.18 bits per heavy atom. The maximum atomic E-state index is 11.5. The zero-order chi connectivity index (χ0) is 12.0. The number of amides is 1. The molecule has 0 spiro atoms. The predicted molar refractivity (Wildman–Crippen MR) is 67.8 cm³/mol. The van der Waals surface area contributed by atoms with E-state index in [0.29, 0.717) is 0 Å². The molecule has 0 aliphatic carbocycles. The van der Waals surface area contributed by atoms with Gasteiger partial charge in [0, 0.05) is 30.1 Å². The summed E-state index contributed by atoms with van der Waals surface area (Å²) in [5.41, 5.74) is 3.76. The number of aromatic nitrogens is 1. The lowest BCUT2D eigenvalue weighted by molar-refractivity contribution is -0.131. The van der Waals surface area contributed by atoms with Crippen LogP contribution in [0.5, 0.6) is 0 Å². The van der Waals surface area contributed by atoms with Crippen LogP contribution in [0.4, 0.5) is 0 Å². The fourth-order valence-corrected chi connectivity index (χ4v) is 2.86. The second-order valence-corrected chi connectivity index (χ2v) is 4.70. The molecular formula is C14H16N2O. The van der Waals surface area contributed by atoms with E-state index >= 15 is 0 Å². The average Bonchev–Trinajstić information content (AvgIpc) is 2.69. The zero-order valence-corrected chi connectivity index (χ0v) is 10.2. The normalized spacial score (nSPS) is 19.4. The predicted octanol–water partition coefficient (Wildman–Crippen LogP) is 2.63. The highest BCUT2D eigenvalue weighted by molar-refractivity contribution is 5.85. The van der Waals surface area contributed by atoms with E-state index in [2.05, 4.69) is 30.1 Å². The number of rotatable bonds is 0. The molecule has 2 heterocycles. The molecule has 17 heavy (non-hydrogen) atoms. The van der Waals surface area contributed by atoms with E-state index in [1.165, 1.54) is 22.2 Å². The molecule has 0 bridgehead atoms. The number of hydrogen-bond donors (Lipinski definition) is 1. The third-order valence-electron chi connectivity index (χ3n) is 3.74. The number of nitrogens with zero attached hydrogens (tertiary/aromatic N) is 1. The second-order valence-electron chi connectivity index (χ2n) is 4.70. The second kappa shape index (κ2) is 3.62. The van der Waals surface area contributed by atoms with E-state index in [1.54, 1.807) is 6.92 Å². The van der Waals surface area contributed by atoms with Gasteiger partial charge in [0.15, 0.2) is 0 Å². The van der Waals surface area contributed by atoms with Gasteiger partial charge < -0.3 is 9.88 Å². The number of benzene rings is 1. The Kier molecular flexibility index (Phi) is 2.21. The van der Waals surface area contributed by atoms with Gasteiger partial charge in [-0.15, -0.1) is 0 Å². The van der Waals surface area contributed by atoms with Crippen LogP contribution in [0.3, 0.4) is 0 Å². The number of carbonyl (C=O) groups excluding carboxylic acids is 1. The van der Waals surface area contributed by atoms with E-state index in [-0.39, 0.29) is 11.9 Å². The molecule has 1 amide bonds. The van der Waals surface area contributed by atoms with Crippen LogP contribution in [0.1, 0.15) is 31.1 Å². The van der Waals surface area contributed by atoms with E-state index in [1.807, 2.05) is 11.0 Å². The van der Waals surface area contributed by atoms with Gasteiger partial charge in [0.1, 0.15) is 0 Å². The van der Waals surface area contributed by atoms with Gasteiger partial charge in [-0.2, -0.15) is 0 Å². The van der Waals surface area contributed by atoms with Crippen molar-refractivity contribution in [3.63, 3.8) is 0 Å². The highest BCUT2D eigenvalue weighted by Gasteiger charge is 2.28. The van der Waals surface area contributed by atoms with Gasteiger partial charge >= 0.3 is 0 Å². The fraction of sp³-hybridized carbons (Fsp3) is 0.357. The van der Waals surface area contributed by atoms with Crippen molar-refractivity contribution in [1.82, 2.24) is 9.88 Å². The molecule has 0 radical (unpaired) electrons. The molecule has 2 aromatic rings. The Morgan fingerprint density at radius 3 is 2.94 bits per heavy atom. The first-order valence-corrected chi connectivity index (χ1v) is 6.05. The molecule has 1 N–H and O–H groups in total. The lowest BCUT2D eigenvalue weighted by Crippen LogP contribution is -2.37. The van der Waals surface area contributed by atoms with Crippen molar-refractivity contribution in [2.45, 2.75) is 26.3 Å². The molecule has 3 nitrogen and oxygen atoms in total. The highest BCUT2D eigenvalue weighted by Crippen LogP contribution is 2.33. The Labute approximate surface area is 100 Å². The summed E-state index contributed by atoms with van der Waals surface area (Å²) in [6, 6.07) is 8.51. The van der Waals surface area contributed by atoms with Crippen LogP contribution in [0, 0.1) is 0 Å². The summed E-state index contributed by atoms with van der Waals surface area (Å²) < 4.78 is 0. The van der Waals surface area contributed by atoms with Crippen molar-refractivity contribution >= 4 is 16.8 Å². The number of H-pyrrole nitrogens is 1. The van der Waals surface area contributed by atoms with Crippen LogP contribution >= 0.6 is 0 Å². The molecule has 3 rings (SSSR count). The van der Waals surface area contributed by atoms with Crippen LogP contribution in [0.2, 0.25) is 0 Å². The standard InChI is InChI=1S/C14H16N2O/c1-9-14-12(7-8-16(9)10(2)17)11-5-3-4-6-13(11)15-14/h3-6,9,15H,7-8H2,1-2H3/t9-/m1/s1. The van der Waals surface area contributed by atoms with E-state index in [9.17, 15) is 4.79 Å². The molecule has 1 aromatic heterocycles. The lowest BCUT2D eigenvalue weighted by Gasteiger charge is -2.32. The van der Waals surface area contributed by atoms with Crippen LogP contribution in [-0.2, 0) is 11.2 Å². The van der Waals surface area contributed by atoms with E-state index in [0.717, 1.165) is 13.0 Å². The summed E-state index contributed by atoms with van der Waals surface area (Å²) in [6.07, 6.45) is 0.948. The van der Waals surface area contributed by atoms with Crippen LogP contribution in [-0.4, -0.2) is 22.3 Å². The SMILES string of the molecule is CC(=O)N1CCc2c([nH]c3ccccc23)[C@H]1C. The maximum absolute atomic E-state index is 11.5. The molecule has 0 saturated carbocycles. The molecule has 1 atom stereocenters. The molecule has 1 aromatic carbocycles. The first kappa shape index (κ1) is 10.4. The van der Waals surface area contributed by atoms with E-state index < -0.39 is 0 Å². The van der Waals surface area contributed by atoms with Gasteiger partial charge in [-0.3, -0.25) is 4.79 Å². The van der Waals surface area contributed by atoms with Gasteiger partial charge in [0.2, 0.25) is 5.91 Å². The maximum Gasteiger partial charge on any atom is 0.220 e. The Bertz CT molecular complexity index is 585. The monoisotopic (exact) mass is 228 g/mol. The number of nitrogens with one attached hydrogen (secondary N) is 1. The number of para-hydroxylation sites is 1. The summed E-state index contributed by atoms with van der Waals surface area (Å²) >= 11 is 0. The van der Waals surface area contributed by atoms with Gasteiger partial charge in [0.25, 0.3) is 0 Å². The zero-order valence-electron chi connectivity index (χ0n) is 10.2. The third kappa shape index (κ3) is 1.46.